The summed E-state index contributed by atoms with van der Waals surface area (Å²) in [5, 5.41) is 2.33. The van der Waals surface area contributed by atoms with Crippen LogP contribution in [-0.2, 0) is 11.3 Å². The highest BCUT2D eigenvalue weighted by molar-refractivity contribution is 5.96. The molecule has 0 spiro atoms. The molecule has 0 atom stereocenters. The van der Waals surface area contributed by atoms with Crippen LogP contribution in [0.4, 0.5) is 8.78 Å². The number of hydrogen-bond acceptors (Lipinski definition) is 2. The lowest BCUT2D eigenvalue weighted by atomic mass is 10.2. The Morgan fingerprint density at radius 1 is 1.09 bits per heavy atom. The molecule has 23 heavy (non-hydrogen) atoms. The van der Waals surface area contributed by atoms with Crippen molar-refractivity contribution in [1.82, 2.24) is 10.2 Å². The van der Waals surface area contributed by atoms with Crippen LogP contribution in [0, 0.1) is 11.6 Å². The minimum Gasteiger partial charge on any atom is -0.343 e. The van der Waals surface area contributed by atoms with Crippen LogP contribution < -0.4 is 5.32 Å². The van der Waals surface area contributed by atoms with Gasteiger partial charge in [-0.15, -0.1) is 0 Å². The Labute approximate surface area is 132 Å². The fraction of sp³-hybridized carbons (Fsp3) is 0.176. The molecule has 6 heteroatoms. The lowest BCUT2D eigenvalue weighted by molar-refractivity contribution is -0.129. The maximum absolute atomic E-state index is 13.5. The van der Waals surface area contributed by atoms with E-state index < -0.39 is 17.5 Å². The van der Waals surface area contributed by atoms with Gasteiger partial charge in [0.05, 0.1) is 12.1 Å². The number of carbonyl (C=O) groups is 2. The summed E-state index contributed by atoms with van der Waals surface area (Å²) in [4.78, 5) is 25.3. The highest BCUT2D eigenvalue weighted by atomic mass is 19.1. The molecule has 0 saturated heterocycles. The monoisotopic (exact) mass is 318 g/mol. The zero-order chi connectivity index (χ0) is 16.8. The molecule has 4 nitrogen and oxygen atoms in total. The molecule has 0 fully saturated rings. The molecule has 2 aromatic rings. The first-order valence-corrected chi connectivity index (χ1v) is 6.98. The van der Waals surface area contributed by atoms with Crippen LogP contribution in [-0.4, -0.2) is 30.3 Å². The van der Waals surface area contributed by atoms with Gasteiger partial charge < -0.3 is 10.2 Å². The molecule has 1 N–H and O–H groups in total. The van der Waals surface area contributed by atoms with E-state index in [1.165, 1.54) is 4.90 Å². The molecule has 0 aliphatic rings. The smallest absolute Gasteiger partial charge is 0.254 e. The lowest BCUT2D eigenvalue weighted by Gasteiger charge is -2.17. The van der Waals surface area contributed by atoms with E-state index in [9.17, 15) is 18.4 Å². The number of benzene rings is 2. The Balaban J connectivity index is 1.89. The fourth-order valence-electron chi connectivity index (χ4n) is 2.01. The van der Waals surface area contributed by atoms with Gasteiger partial charge in [0, 0.05) is 19.7 Å². The van der Waals surface area contributed by atoms with Gasteiger partial charge in [0.1, 0.15) is 11.6 Å². The third-order valence-corrected chi connectivity index (χ3v) is 3.26. The second-order valence-electron chi connectivity index (χ2n) is 5.04. The van der Waals surface area contributed by atoms with Gasteiger partial charge in [0.15, 0.2) is 0 Å². The van der Waals surface area contributed by atoms with Gasteiger partial charge in [-0.3, -0.25) is 9.59 Å². The van der Waals surface area contributed by atoms with E-state index in [2.05, 4.69) is 5.32 Å². The van der Waals surface area contributed by atoms with E-state index in [0.29, 0.717) is 12.6 Å². The second kappa shape index (κ2) is 7.49. The van der Waals surface area contributed by atoms with Crippen molar-refractivity contribution in [3.63, 3.8) is 0 Å². The molecule has 2 aromatic carbocycles. The molecule has 0 aliphatic heterocycles. The quantitative estimate of drug-likeness (QED) is 0.920. The van der Waals surface area contributed by atoms with Crippen molar-refractivity contribution in [3.8, 4) is 0 Å². The van der Waals surface area contributed by atoms with E-state index in [0.717, 1.165) is 17.7 Å². The summed E-state index contributed by atoms with van der Waals surface area (Å²) in [5.41, 5.74) is 0.657. The van der Waals surface area contributed by atoms with Gasteiger partial charge in [0.2, 0.25) is 5.91 Å². The lowest BCUT2D eigenvalue weighted by Crippen LogP contribution is -2.38. The van der Waals surface area contributed by atoms with Crippen LogP contribution in [0.25, 0.3) is 0 Å². The van der Waals surface area contributed by atoms with Crippen LogP contribution in [0.2, 0.25) is 0 Å². The third-order valence-electron chi connectivity index (χ3n) is 3.26. The number of hydrogen-bond donors (Lipinski definition) is 1. The molecule has 0 aliphatic carbocycles. The fourth-order valence-corrected chi connectivity index (χ4v) is 2.01. The SMILES string of the molecule is CN(Cc1ccccc1)C(=O)CNC(=O)c1ccc(F)cc1F. The highest BCUT2D eigenvalue weighted by Gasteiger charge is 2.15. The number of amides is 2. The number of nitrogens with zero attached hydrogens (tertiary/aromatic N) is 1. The molecular weight excluding hydrogens is 302 g/mol. The molecule has 2 rings (SSSR count). The summed E-state index contributed by atoms with van der Waals surface area (Å²) in [5.74, 6) is -2.81. The Bertz CT molecular complexity index is 705. The number of rotatable bonds is 5. The first-order valence-electron chi connectivity index (χ1n) is 6.98. The van der Waals surface area contributed by atoms with E-state index in [1.54, 1.807) is 7.05 Å². The number of halogens is 2. The topological polar surface area (TPSA) is 49.4 Å². The van der Waals surface area contributed by atoms with Crippen LogP contribution >= 0.6 is 0 Å². The van der Waals surface area contributed by atoms with Crippen molar-refractivity contribution < 1.29 is 18.4 Å². The Kier molecular flexibility index (Phi) is 5.41. The van der Waals surface area contributed by atoms with Gasteiger partial charge in [-0.05, 0) is 17.7 Å². The van der Waals surface area contributed by atoms with Crippen molar-refractivity contribution in [2.45, 2.75) is 6.54 Å². The summed E-state index contributed by atoms with van der Waals surface area (Å²) in [6, 6.07) is 12.0. The second-order valence-corrected chi connectivity index (χ2v) is 5.04. The average Bonchev–Trinajstić information content (AvgIpc) is 2.53. The minimum atomic E-state index is -0.965. The van der Waals surface area contributed by atoms with Crippen LogP contribution in [0.15, 0.2) is 48.5 Å². The molecule has 0 radical (unpaired) electrons. The molecule has 0 heterocycles. The first-order chi connectivity index (χ1) is 11.0. The van der Waals surface area contributed by atoms with E-state index in [4.69, 9.17) is 0 Å². The first kappa shape index (κ1) is 16.6. The Morgan fingerprint density at radius 2 is 1.78 bits per heavy atom. The van der Waals surface area contributed by atoms with Crippen LogP contribution in [0.5, 0.6) is 0 Å². The third kappa shape index (κ3) is 4.60. The summed E-state index contributed by atoms with van der Waals surface area (Å²) in [6.07, 6.45) is 0. The number of likely N-dealkylation sites (N-methyl/N-ethyl adjacent to an activating group) is 1. The molecule has 0 unspecified atom stereocenters. The standard InChI is InChI=1S/C17H16F2N2O2/c1-21(11-12-5-3-2-4-6-12)16(22)10-20-17(23)14-8-7-13(18)9-15(14)19/h2-9H,10-11H2,1H3,(H,20,23). The molecule has 120 valence electrons. The molecule has 0 saturated carbocycles. The normalized spacial score (nSPS) is 10.2. The van der Waals surface area contributed by atoms with Crippen molar-refractivity contribution >= 4 is 11.8 Å². The molecular formula is C17H16F2N2O2. The van der Waals surface area contributed by atoms with E-state index >= 15 is 0 Å². The number of carbonyl (C=O) groups excluding carboxylic acids is 2. The number of nitrogens with one attached hydrogen (secondary N) is 1. The van der Waals surface area contributed by atoms with Crippen molar-refractivity contribution in [3.05, 3.63) is 71.3 Å². The predicted molar refractivity (Wildman–Crippen MR) is 81.6 cm³/mol. The molecule has 0 aromatic heterocycles. The summed E-state index contributed by atoms with van der Waals surface area (Å²) < 4.78 is 26.3. The van der Waals surface area contributed by atoms with Gasteiger partial charge >= 0.3 is 0 Å². The predicted octanol–water partition coefficient (Wildman–Crippen LogP) is 2.35. The molecule has 2 amide bonds. The van der Waals surface area contributed by atoms with Crippen LogP contribution in [0.1, 0.15) is 15.9 Å². The van der Waals surface area contributed by atoms with E-state index in [-0.39, 0.29) is 18.0 Å². The van der Waals surface area contributed by atoms with Crippen molar-refractivity contribution in [2.24, 2.45) is 0 Å². The Hall–Kier alpha value is -2.76. The highest BCUT2D eigenvalue weighted by Crippen LogP contribution is 2.09. The molecule has 0 bridgehead atoms. The average molecular weight is 318 g/mol. The van der Waals surface area contributed by atoms with E-state index in [1.807, 2.05) is 30.3 Å². The minimum absolute atomic E-state index is 0.265. The zero-order valence-corrected chi connectivity index (χ0v) is 12.6. The van der Waals surface area contributed by atoms with Gasteiger partial charge in [-0.2, -0.15) is 0 Å². The zero-order valence-electron chi connectivity index (χ0n) is 12.6. The maximum atomic E-state index is 13.5. The largest absolute Gasteiger partial charge is 0.343 e. The van der Waals surface area contributed by atoms with Crippen molar-refractivity contribution in [2.75, 3.05) is 13.6 Å². The Morgan fingerprint density at radius 3 is 2.43 bits per heavy atom. The van der Waals surface area contributed by atoms with Crippen LogP contribution in [0.3, 0.4) is 0 Å². The van der Waals surface area contributed by atoms with Crippen molar-refractivity contribution in [1.29, 1.82) is 0 Å². The maximum Gasteiger partial charge on any atom is 0.254 e. The van der Waals surface area contributed by atoms with Gasteiger partial charge in [0.25, 0.3) is 5.91 Å². The van der Waals surface area contributed by atoms with Gasteiger partial charge in [-0.1, -0.05) is 30.3 Å². The summed E-state index contributed by atoms with van der Waals surface area (Å²) in [7, 11) is 1.61. The summed E-state index contributed by atoms with van der Waals surface area (Å²) >= 11 is 0. The van der Waals surface area contributed by atoms with Gasteiger partial charge in [-0.25, -0.2) is 8.78 Å². The summed E-state index contributed by atoms with van der Waals surface area (Å²) in [6.45, 7) is 0.138.